The first kappa shape index (κ1) is 18.7. The Morgan fingerprint density at radius 2 is 2.04 bits per heavy atom. The highest BCUT2D eigenvalue weighted by molar-refractivity contribution is 6.17. The predicted molar refractivity (Wildman–Crippen MR) is 109 cm³/mol. The van der Waals surface area contributed by atoms with Gasteiger partial charge in [0.05, 0.1) is 18.5 Å². The molecule has 140 valence electrons. The van der Waals surface area contributed by atoms with Gasteiger partial charge in [-0.2, -0.15) is 5.10 Å². The molecule has 1 aromatic rings. The zero-order valence-electron chi connectivity index (χ0n) is 16.4. The molecule has 6 nitrogen and oxygen atoms in total. The summed E-state index contributed by atoms with van der Waals surface area (Å²) in [6, 6.07) is 0. The Balaban J connectivity index is 1.57. The highest BCUT2D eigenvalue weighted by atomic mass is 15.2. The molecule has 0 aromatic carbocycles. The summed E-state index contributed by atoms with van der Waals surface area (Å²) in [6.07, 6.45) is 10.7. The van der Waals surface area contributed by atoms with E-state index in [1.807, 2.05) is 26.5 Å². The molecule has 0 amide bonds. The first-order valence-electron chi connectivity index (χ1n) is 9.49. The zero-order valence-corrected chi connectivity index (χ0v) is 16.4. The van der Waals surface area contributed by atoms with Crippen LogP contribution in [0.3, 0.4) is 0 Å². The lowest BCUT2D eigenvalue weighted by Gasteiger charge is -2.28. The topological polar surface area (TPSA) is 58.1 Å². The second-order valence-corrected chi connectivity index (χ2v) is 7.40. The van der Waals surface area contributed by atoms with Gasteiger partial charge in [0, 0.05) is 38.0 Å². The van der Waals surface area contributed by atoms with E-state index >= 15 is 0 Å². The van der Waals surface area contributed by atoms with Gasteiger partial charge in [-0.1, -0.05) is 0 Å². The molecule has 0 N–H and O–H groups in total. The summed E-state index contributed by atoms with van der Waals surface area (Å²) in [7, 11) is 5.98. The van der Waals surface area contributed by atoms with Crippen molar-refractivity contribution < 1.29 is 0 Å². The quantitative estimate of drug-likeness (QED) is 0.603. The van der Waals surface area contributed by atoms with Crippen LogP contribution in [0.4, 0.5) is 0 Å². The average Bonchev–Trinajstić information content (AvgIpc) is 3.28. The van der Waals surface area contributed by atoms with Crippen molar-refractivity contribution in [1.82, 2.24) is 14.7 Å². The Kier molecular flexibility index (Phi) is 6.14. The lowest BCUT2D eigenvalue weighted by atomic mass is 9.92. The minimum Gasteiger partial charge on any atom is -0.306 e. The van der Waals surface area contributed by atoms with Crippen molar-refractivity contribution in [3.63, 3.8) is 0 Å². The maximum atomic E-state index is 4.80. The minimum atomic E-state index is 0.686. The molecule has 2 aliphatic heterocycles. The fourth-order valence-corrected chi connectivity index (χ4v) is 3.54. The predicted octanol–water partition coefficient (Wildman–Crippen LogP) is 2.76. The number of nitrogens with zero attached hydrogens (tertiary/aromatic N) is 6. The molecule has 0 atom stereocenters. The van der Waals surface area contributed by atoms with Crippen LogP contribution in [0.5, 0.6) is 0 Å². The Bertz CT molecular complexity index is 744. The van der Waals surface area contributed by atoms with E-state index in [1.54, 1.807) is 4.68 Å². The molecule has 26 heavy (non-hydrogen) atoms. The third kappa shape index (κ3) is 4.75. The van der Waals surface area contributed by atoms with Crippen molar-refractivity contribution in [2.75, 3.05) is 33.7 Å². The van der Waals surface area contributed by atoms with Gasteiger partial charge in [0.1, 0.15) is 5.84 Å². The van der Waals surface area contributed by atoms with Crippen LogP contribution >= 0.6 is 0 Å². The molecule has 2 aliphatic rings. The summed E-state index contributed by atoms with van der Waals surface area (Å²) in [5.41, 5.74) is 4.24. The van der Waals surface area contributed by atoms with Crippen molar-refractivity contribution in [2.45, 2.75) is 32.6 Å². The number of likely N-dealkylation sites (tertiary alicyclic amines) is 1. The number of rotatable bonds is 5. The van der Waals surface area contributed by atoms with Gasteiger partial charge in [0.25, 0.3) is 0 Å². The molecule has 0 unspecified atom stereocenters. The Hall–Kier alpha value is -2.08. The van der Waals surface area contributed by atoms with E-state index in [4.69, 9.17) is 4.99 Å². The Labute approximate surface area is 156 Å². The highest BCUT2D eigenvalue weighted by Gasteiger charge is 2.18. The number of aromatic nitrogens is 2. The molecule has 0 aliphatic carbocycles. The number of hydrogen-bond donors (Lipinski definition) is 0. The lowest BCUT2D eigenvalue weighted by molar-refractivity contribution is 0.214. The van der Waals surface area contributed by atoms with E-state index in [2.05, 4.69) is 40.0 Å². The van der Waals surface area contributed by atoms with Gasteiger partial charge in [-0.05, 0) is 63.9 Å². The molecule has 0 spiro atoms. The summed E-state index contributed by atoms with van der Waals surface area (Å²) in [5.74, 6) is 1.77. The van der Waals surface area contributed by atoms with E-state index in [9.17, 15) is 0 Å². The van der Waals surface area contributed by atoms with E-state index in [-0.39, 0.29) is 0 Å². The number of aryl methyl sites for hydroxylation is 1. The molecule has 0 bridgehead atoms. The summed E-state index contributed by atoms with van der Waals surface area (Å²) in [5, 5.41) is 4.22. The summed E-state index contributed by atoms with van der Waals surface area (Å²) >= 11 is 0. The second kappa shape index (κ2) is 8.54. The van der Waals surface area contributed by atoms with Crippen LogP contribution in [-0.2, 0) is 7.05 Å². The molecule has 3 heterocycles. The molecule has 1 aromatic heterocycles. The Morgan fingerprint density at radius 1 is 1.27 bits per heavy atom. The molecule has 1 saturated heterocycles. The first-order chi connectivity index (χ1) is 12.5. The normalized spacial score (nSPS) is 20.5. The van der Waals surface area contributed by atoms with Crippen LogP contribution in [0.1, 0.15) is 38.2 Å². The van der Waals surface area contributed by atoms with Crippen LogP contribution in [0.2, 0.25) is 0 Å². The van der Waals surface area contributed by atoms with Crippen molar-refractivity contribution in [3.05, 3.63) is 29.6 Å². The fraction of sp³-hybridized carbons (Fsp3) is 0.600. The minimum absolute atomic E-state index is 0.686. The van der Waals surface area contributed by atoms with Crippen LogP contribution in [0, 0.1) is 5.92 Å². The van der Waals surface area contributed by atoms with Crippen molar-refractivity contribution in [2.24, 2.45) is 27.9 Å². The molecule has 3 rings (SSSR count). The van der Waals surface area contributed by atoms with E-state index < -0.39 is 0 Å². The lowest BCUT2D eigenvalue weighted by Crippen LogP contribution is -2.30. The molecular weight excluding hydrogens is 324 g/mol. The number of allylic oxidation sites excluding steroid dienone is 1. The summed E-state index contributed by atoms with van der Waals surface area (Å²) in [6.45, 7) is 5.18. The van der Waals surface area contributed by atoms with Gasteiger partial charge < -0.3 is 4.90 Å². The summed E-state index contributed by atoms with van der Waals surface area (Å²) < 4.78 is 1.80. The monoisotopic (exact) mass is 354 g/mol. The average molecular weight is 355 g/mol. The van der Waals surface area contributed by atoms with Gasteiger partial charge in [0.15, 0.2) is 0 Å². The SMILES string of the molecule is CN=C(CCC1CCN(C)CC1)N=C(C)C1=CC(c2cnn(C)c2)=NC1. The smallest absolute Gasteiger partial charge is 0.123 e. The van der Waals surface area contributed by atoms with Crippen molar-refractivity contribution in [3.8, 4) is 0 Å². The molecular formula is C20H30N6. The number of amidine groups is 1. The number of aliphatic imine (C=N–C) groups is 3. The second-order valence-electron chi connectivity index (χ2n) is 7.40. The van der Waals surface area contributed by atoms with E-state index in [0.29, 0.717) is 6.54 Å². The van der Waals surface area contributed by atoms with Crippen LogP contribution in [0.15, 0.2) is 39.0 Å². The van der Waals surface area contributed by atoms with Gasteiger partial charge in [0.2, 0.25) is 0 Å². The van der Waals surface area contributed by atoms with E-state index in [0.717, 1.165) is 35.2 Å². The maximum Gasteiger partial charge on any atom is 0.123 e. The fourth-order valence-electron chi connectivity index (χ4n) is 3.54. The van der Waals surface area contributed by atoms with Gasteiger partial charge >= 0.3 is 0 Å². The van der Waals surface area contributed by atoms with Crippen LogP contribution < -0.4 is 0 Å². The highest BCUT2D eigenvalue weighted by Crippen LogP contribution is 2.21. The third-order valence-electron chi connectivity index (χ3n) is 5.37. The molecule has 0 saturated carbocycles. The third-order valence-corrected chi connectivity index (χ3v) is 5.37. The van der Waals surface area contributed by atoms with Crippen molar-refractivity contribution in [1.29, 1.82) is 0 Å². The number of hydrogen-bond acceptors (Lipinski definition) is 4. The number of piperidine rings is 1. The van der Waals surface area contributed by atoms with Crippen LogP contribution in [-0.4, -0.2) is 65.7 Å². The molecule has 0 radical (unpaired) electrons. The van der Waals surface area contributed by atoms with Crippen LogP contribution in [0.25, 0.3) is 0 Å². The largest absolute Gasteiger partial charge is 0.306 e. The standard InChI is InChI=1S/C20H30N6/c1-15(17-11-19(22-12-17)18-13-23-26(4)14-18)24-20(21-2)6-5-16-7-9-25(3)10-8-16/h11,13-14,16H,5-10,12H2,1-4H3. The zero-order chi connectivity index (χ0) is 18.5. The van der Waals surface area contributed by atoms with Crippen molar-refractivity contribution >= 4 is 17.3 Å². The maximum absolute atomic E-state index is 4.80. The van der Waals surface area contributed by atoms with E-state index in [1.165, 1.54) is 37.9 Å². The Morgan fingerprint density at radius 3 is 2.69 bits per heavy atom. The summed E-state index contributed by atoms with van der Waals surface area (Å²) in [4.78, 5) is 16.3. The van der Waals surface area contributed by atoms with Gasteiger partial charge in [-0.25, -0.2) is 4.99 Å². The molecule has 6 heteroatoms. The first-order valence-corrected chi connectivity index (χ1v) is 9.49. The molecule has 1 fully saturated rings. The van der Waals surface area contributed by atoms with Gasteiger partial charge in [-0.15, -0.1) is 0 Å². The van der Waals surface area contributed by atoms with Gasteiger partial charge in [-0.3, -0.25) is 14.7 Å².